The molecule has 9 aromatic rings. The van der Waals surface area contributed by atoms with Gasteiger partial charge in [0.25, 0.3) is 0 Å². The summed E-state index contributed by atoms with van der Waals surface area (Å²) in [6.07, 6.45) is 0. The second-order valence-corrected chi connectivity index (χ2v) is 18.6. The van der Waals surface area contributed by atoms with Crippen LogP contribution in [0.3, 0.4) is 0 Å². The molecule has 4 heteroatoms. The summed E-state index contributed by atoms with van der Waals surface area (Å²) in [5, 5.41) is 7.56. The molecule has 3 nitrogen and oxygen atoms in total. The molecule has 0 unspecified atom stereocenters. The van der Waals surface area contributed by atoms with Crippen molar-refractivity contribution in [3.05, 3.63) is 187 Å². The Hall–Kier alpha value is -6.36. The number of fused-ring (bicyclic) bond motifs is 10. The van der Waals surface area contributed by atoms with E-state index in [1.165, 1.54) is 59.7 Å². The van der Waals surface area contributed by atoms with Crippen LogP contribution in [-0.4, -0.2) is 22.6 Å². The molecule has 0 radical (unpaired) electrons. The van der Waals surface area contributed by atoms with Crippen LogP contribution in [0.2, 0.25) is 0 Å². The molecular weight excluding hydrogens is 659 g/mol. The van der Waals surface area contributed by atoms with Crippen LogP contribution in [0, 0.1) is 0 Å². The Morgan fingerprint density at radius 3 is 1.83 bits per heavy atom. The summed E-state index contributed by atoms with van der Waals surface area (Å²) < 4.78 is 2.38. The van der Waals surface area contributed by atoms with Gasteiger partial charge in [-0.2, -0.15) is 0 Å². The summed E-state index contributed by atoms with van der Waals surface area (Å²) in [5.74, 6) is 0.709. The summed E-state index contributed by atoms with van der Waals surface area (Å²) in [6, 6.07) is 64.4. The second-order valence-electron chi connectivity index (χ2n) is 14.9. The van der Waals surface area contributed by atoms with Crippen molar-refractivity contribution in [3.8, 4) is 39.5 Å². The first-order valence-corrected chi connectivity index (χ1v) is 20.4. The summed E-state index contributed by atoms with van der Waals surface area (Å²) in [4.78, 5) is 11.6. The van der Waals surface area contributed by atoms with Crippen molar-refractivity contribution in [2.75, 3.05) is 0 Å². The Kier molecular flexibility index (Phi) is 6.32. The molecule has 3 heterocycles. The predicted molar refractivity (Wildman–Crippen MR) is 222 cm³/mol. The quantitative estimate of drug-likeness (QED) is 0.173. The zero-order chi connectivity index (χ0) is 35.3. The fourth-order valence-corrected chi connectivity index (χ4v) is 14.6. The molecule has 11 rings (SSSR count). The van der Waals surface area contributed by atoms with Crippen LogP contribution in [-0.2, 0) is 5.41 Å². The van der Waals surface area contributed by atoms with E-state index in [-0.39, 0.29) is 5.41 Å². The van der Waals surface area contributed by atoms with Crippen molar-refractivity contribution < 1.29 is 0 Å². The van der Waals surface area contributed by atoms with E-state index in [2.05, 4.69) is 194 Å². The van der Waals surface area contributed by atoms with Crippen LogP contribution in [0.1, 0.15) is 25.0 Å². The molecule has 1 aliphatic carbocycles. The average Bonchev–Trinajstić information content (AvgIpc) is 3.80. The normalized spacial score (nSPS) is 14.5. The molecule has 0 bridgehead atoms. The first-order chi connectivity index (χ1) is 26.1. The smallest absolute Gasteiger partial charge is 0.235 e. The van der Waals surface area contributed by atoms with Gasteiger partial charge in [0, 0.05) is 32.9 Å². The van der Waals surface area contributed by atoms with Crippen molar-refractivity contribution in [1.82, 2.24) is 14.5 Å². The van der Waals surface area contributed by atoms with E-state index in [0.717, 1.165) is 27.7 Å². The van der Waals surface area contributed by atoms with Crippen molar-refractivity contribution in [1.29, 1.82) is 0 Å². The maximum absolute atomic E-state index is 5.93. The number of aromatic nitrogens is 3. The van der Waals surface area contributed by atoms with Gasteiger partial charge in [-0.15, -0.1) is 0 Å². The van der Waals surface area contributed by atoms with Crippen LogP contribution in [0.15, 0.2) is 176 Å². The lowest BCUT2D eigenvalue weighted by atomic mass is 9.82. The van der Waals surface area contributed by atoms with Gasteiger partial charge in [0.15, 0.2) is 0 Å². The van der Waals surface area contributed by atoms with Gasteiger partial charge in [-0.1, -0.05) is 184 Å². The molecule has 1 aliphatic heterocycles. The fraction of sp³-hybridized carbons (Fsp3) is 0.0612. The Morgan fingerprint density at radius 1 is 0.491 bits per heavy atom. The van der Waals surface area contributed by atoms with Crippen molar-refractivity contribution in [3.63, 3.8) is 0 Å². The minimum atomic E-state index is -2.93. The minimum Gasteiger partial charge on any atom is -0.277 e. The average molecular weight is 694 g/mol. The first-order valence-electron chi connectivity index (χ1n) is 18.4. The number of para-hydroxylation sites is 1. The van der Waals surface area contributed by atoms with Gasteiger partial charge >= 0.3 is 0 Å². The molecule has 0 fully saturated rings. The van der Waals surface area contributed by atoms with E-state index in [0.29, 0.717) is 5.95 Å². The Labute approximate surface area is 309 Å². The summed E-state index contributed by atoms with van der Waals surface area (Å²) in [6.45, 7) is 4.71. The van der Waals surface area contributed by atoms with Gasteiger partial charge in [-0.25, -0.2) is 9.97 Å². The van der Waals surface area contributed by atoms with E-state index in [4.69, 9.17) is 9.97 Å². The van der Waals surface area contributed by atoms with Crippen LogP contribution in [0.25, 0.3) is 61.3 Å². The van der Waals surface area contributed by atoms with Crippen LogP contribution >= 0.6 is 0 Å². The SMILES string of the molecule is CC1(C)c2ccccc2-c2c1ccc1c3ccccc3n(-c3nc(-c4ccccc4)c4c(n3)[Si](c3ccccc3)(c3ccccc3)c3ccccc3-4)c21. The van der Waals surface area contributed by atoms with Crippen LogP contribution in [0.4, 0.5) is 0 Å². The van der Waals surface area contributed by atoms with E-state index in [1.807, 2.05) is 0 Å². The van der Waals surface area contributed by atoms with E-state index in [1.54, 1.807) is 0 Å². The minimum absolute atomic E-state index is 0.139. The third-order valence-electron chi connectivity index (χ3n) is 11.9. The maximum Gasteiger partial charge on any atom is 0.235 e. The van der Waals surface area contributed by atoms with Crippen molar-refractivity contribution in [2.45, 2.75) is 19.3 Å². The molecule has 7 aromatic carbocycles. The molecule has 2 aliphatic rings. The second kappa shape index (κ2) is 11.1. The highest BCUT2D eigenvalue weighted by Gasteiger charge is 2.52. The van der Waals surface area contributed by atoms with Crippen LogP contribution < -0.4 is 20.9 Å². The van der Waals surface area contributed by atoms with Gasteiger partial charge < -0.3 is 0 Å². The third kappa shape index (κ3) is 3.99. The monoisotopic (exact) mass is 693 g/mol. The van der Waals surface area contributed by atoms with Crippen molar-refractivity contribution in [2.24, 2.45) is 0 Å². The highest BCUT2D eigenvalue weighted by atomic mass is 28.3. The summed E-state index contributed by atoms with van der Waals surface area (Å²) in [5.41, 5.74) is 11.8. The van der Waals surface area contributed by atoms with Gasteiger partial charge in [0.2, 0.25) is 14.0 Å². The zero-order valence-corrected chi connectivity index (χ0v) is 30.6. The lowest BCUT2D eigenvalue weighted by Crippen LogP contribution is -2.73. The van der Waals surface area contributed by atoms with Crippen LogP contribution in [0.5, 0.6) is 0 Å². The largest absolute Gasteiger partial charge is 0.277 e. The lowest BCUT2D eigenvalue weighted by molar-refractivity contribution is 0.661. The molecule has 53 heavy (non-hydrogen) atoms. The molecular formula is C49H35N3Si. The van der Waals surface area contributed by atoms with E-state index >= 15 is 0 Å². The molecule has 0 amide bonds. The number of rotatable bonds is 4. The number of hydrogen-bond acceptors (Lipinski definition) is 2. The van der Waals surface area contributed by atoms with Crippen molar-refractivity contribution >= 4 is 50.8 Å². The topological polar surface area (TPSA) is 30.7 Å². The highest BCUT2D eigenvalue weighted by Crippen LogP contribution is 2.52. The highest BCUT2D eigenvalue weighted by molar-refractivity contribution is 7.21. The van der Waals surface area contributed by atoms with Gasteiger partial charge in [-0.3, -0.25) is 4.57 Å². The summed E-state index contributed by atoms with van der Waals surface area (Å²) >= 11 is 0. The third-order valence-corrected chi connectivity index (χ3v) is 16.6. The fourth-order valence-electron chi connectivity index (χ4n) is 9.61. The van der Waals surface area contributed by atoms with E-state index in [9.17, 15) is 0 Å². The maximum atomic E-state index is 5.93. The van der Waals surface area contributed by atoms with Gasteiger partial charge in [0.1, 0.15) is 0 Å². The number of hydrogen-bond donors (Lipinski definition) is 0. The Bertz CT molecular complexity index is 2870. The van der Waals surface area contributed by atoms with Gasteiger partial charge in [-0.05, 0) is 43.9 Å². The predicted octanol–water partition coefficient (Wildman–Crippen LogP) is 8.90. The number of nitrogens with zero attached hydrogens (tertiary/aromatic N) is 3. The molecule has 0 atom stereocenters. The van der Waals surface area contributed by atoms with Gasteiger partial charge in [0.05, 0.1) is 22.0 Å². The Balaban J connectivity index is 1.35. The molecule has 250 valence electrons. The summed E-state index contributed by atoms with van der Waals surface area (Å²) in [7, 11) is -2.93. The standard InChI is InChI=1S/C49H35N3Si/c1-49(2)39-27-15-12-25-37(39)43-40(49)31-30-36-35-24-13-16-28-41(35)52(46(36)43)48-50-45(32-18-6-3-7-19-32)44-38-26-14-17-29-42(38)53(47(44)51-48,33-20-8-4-9-21-33)34-22-10-5-11-23-34/h3-31H,1-2H3. The lowest BCUT2D eigenvalue weighted by Gasteiger charge is -2.30. The molecule has 0 saturated heterocycles. The van der Waals surface area contributed by atoms with E-state index < -0.39 is 8.07 Å². The Morgan fingerprint density at radius 2 is 1.09 bits per heavy atom. The zero-order valence-electron chi connectivity index (χ0n) is 29.6. The molecule has 0 spiro atoms. The number of benzene rings is 7. The first kappa shape index (κ1) is 30.3. The molecule has 2 aromatic heterocycles. The molecule has 0 N–H and O–H groups in total. The molecule has 0 saturated carbocycles.